The molecule has 0 radical (unpaired) electrons. The number of nitrogens with zero attached hydrogens (tertiary/aromatic N) is 1. The average Bonchev–Trinajstić information content (AvgIpc) is 2.37. The number of benzene rings is 1. The highest BCUT2D eigenvalue weighted by Gasteiger charge is 2.25. The third-order valence-corrected chi connectivity index (χ3v) is 2.96. The fraction of sp³-hybridized carbons (Fsp3) is 0.462. The van der Waals surface area contributed by atoms with Gasteiger partial charge < -0.3 is 15.8 Å². The van der Waals surface area contributed by atoms with Crippen LogP contribution in [-0.2, 0) is 4.74 Å². The summed E-state index contributed by atoms with van der Waals surface area (Å²) < 4.78 is 5.03. The predicted molar refractivity (Wildman–Crippen MR) is 75.5 cm³/mol. The number of ether oxygens (including phenoxy) is 1. The Kier molecular flexibility index (Phi) is 5.45. The maximum Gasteiger partial charge on any atom is 0.304 e. The first-order valence-electron chi connectivity index (χ1n) is 6.21. The highest BCUT2D eigenvalue weighted by molar-refractivity contribution is 6.00. The van der Waals surface area contributed by atoms with Crippen molar-refractivity contribution in [3.63, 3.8) is 0 Å². The van der Waals surface area contributed by atoms with Gasteiger partial charge in [-0.3, -0.25) is 14.9 Å². The zero-order chi connectivity index (χ0) is 15.3. The summed E-state index contributed by atoms with van der Waals surface area (Å²) in [7, 11) is 1.53. The number of nitro groups is 1. The van der Waals surface area contributed by atoms with Gasteiger partial charge in [-0.2, -0.15) is 0 Å². The molecule has 20 heavy (non-hydrogen) atoms. The summed E-state index contributed by atoms with van der Waals surface area (Å²) in [4.78, 5) is 22.6. The number of para-hydroxylation sites is 1. The molecular formula is C13H19N3O4. The van der Waals surface area contributed by atoms with Crippen molar-refractivity contribution in [3.05, 3.63) is 33.9 Å². The lowest BCUT2D eigenvalue weighted by atomic mass is 10.0. The smallest absolute Gasteiger partial charge is 0.304 e. The summed E-state index contributed by atoms with van der Waals surface area (Å²) in [5.41, 5.74) is 5.12. The number of nitrogens with one attached hydrogen (secondary N) is 1. The summed E-state index contributed by atoms with van der Waals surface area (Å²) in [6.45, 7) is 4.19. The Morgan fingerprint density at radius 3 is 2.65 bits per heavy atom. The van der Waals surface area contributed by atoms with E-state index in [0.29, 0.717) is 6.61 Å². The van der Waals surface area contributed by atoms with Gasteiger partial charge in [0.25, 0.3) is 5.91 Å². The summed E-state index contributed by atoms with van der Waals surface area (Å²) >= 11 is 0. The van der Waals surface area contributed by atoms with Crippen molar-refractivity contribution < 1.29 is 14.5 Å². The Hall–Kier alpha value is -2.15. The SMILES string of the molecule is COCC(NC(=O)c1cccc(N)c1[N+](=O)[O-])C(C)C. The number of methoxy groups -OCH3 is 1. The Morgan fingerprint density at radius 2 is 2.15 bits per heavy atom. The number of carbonyl (C=O) groups excluding carboxylic acids is 1. The van der Waals surface area contributed by atoms with Crippen LogP contribution in [-0.4, -0.2) is 30.6 Å². The van der Waals surface area contributed by atoms with Crippen molar-refractivity contribution in [2.45, 2.75) is 19.9 Å². The molecular weight excluding hydrogens is 262 g/mol. The molecule has 0 aliphatic rings. The molecule has 0 heterocycles. The van der Waals surface area contributed by atoms with Gasteiger partial charge in [-0.15, -0.1) is 0 Å². The van der Waals surface area contributed by atoms with Crippen molar-refractivity contribution in [1.82, 2.24) is 5.32 Å². The van der Waals surface area contributed by atoms with Gasteiger partial charge in [0, 0.05) is 7.11 Å². The topological polar surface area (TPSA) is 107 Å². The minimum atomic E-state index is -0.648. The van der Waals surface area contributed by atoms with E-state index in [2.05, 4.69) is 5.32 Å². The molecule has 7 heteroatoms. The van der Waals surface area contributed by atoms with Crippen LogP contribution in [0.4, 0.5) is 11.4 Å². The van der Waals surface area contributed by atoms with Gasteiger partial charge in [-0.1, -0.05) is 19.9 Å². The quantitative estimate of drug-likeness (QED) is 0.467. The number of nitrogen functional groups attached to an aromatic ring is 1. The van der Waals surface area contributed by atoms with Gasteiger partial charge in [0.15, 0.2) is 0 Å². The molecule has 0 aromatic heterocycles. The molecule has 1 rings (SSSR count). The molecule has 110 valence electrons. The van der Waals surface area contributed by atoms with Crippen molar-refractivity contribution in [2.75, 3.05) is 19.5 Å². The van der Waals surface area contributed by atoms with Crippen LogP contribution in [0.2, 0.25) is 0 Å². The van der Waals surface area contributed by atoms with Crippen LogP contribution >= 0.6 is 0 Å². The maximum absolute atomic E-state index is 12.2. The van der Waals surface area contributed by atoms with Crippen LogP contribution in [0.3, 0.4) is 0 Å². The molecule has 0 aliphatic heterocycles. The van der Waals surface area contributed by atoms with Gasteiger partial charge in [0.05, 0.1) is 17.6 Å². The number of nitrogens with two attached hydrogens (primary N) is 1. The Bertz CT molecular complexity index is 502. The van der Waals surface area contributed by atoms with Crippen LogP contribution in [0.1, 0.15) is 24.2 Å². The van der Waals surface area contributed by atoms with E-state index in [1.807, 2.05) is 13.8 Å². The summed E-state index contributed by atoms with van der Waals surface area (Å²) in [6, 6.07) is 4.06. The zero-order valence-electron chi connectivity index (χ0n) is 11.8. The first-order chi connectivity index (χ1) is 9.38. The Morgan fingerprint density at radius 1 is 1.50 bits per heavy atom. The largest absolute Gasteiger partial charge is 0.393 e. The van der Waals surface area contributed by atoms with E-state index >= 15 is 0 Å². The Balaban J connectivity index is 3.03. The molecule has 1 atom stereocenters. The highest BCUT2D eigenvalue weighted by Crippen LogP contribution is 2.25. The van der Waals surface area contributed by atoms with Gasteiger partial charge in [-0.25, -0.2) is 0 Å². The number of anilines is 1. The van der Waals surface area contributed by atoms with E-state index in [1.165, 1.54) is 25.3 Å². The zero-order valence-corrected chi connectivity index (χ0v) is 11.8. The second-order valence-corrected chi connectivity index (χ2v) is 4.78. The Labute approximate surface area is 117 Å². The van der Waals surface area contributed by atoms with Crippen molar-refractivity contribution >= 4 is 17.3 Å². The molecule has 3 N–H and O–H groups in total. The molecule has 0 aliphatic carbocycles. The van der Waals surface area contributed by atoms with E-state index in [9.17, 15) is 14.9 Å². The van der Waals surface area contributed by atoms with Gasteiger partial charge in [-0.05, 0) is 18.1 Å². The molecule has 1 aromatic rings. The number of amides is 1. The number of carbonyl (C=O) groups is 1. The number of hydrogen-bond acceptors (Lipinski definition) is 5. The third kappa shape index (κ3) is 3.67. The van der Waals surface area contributed by atoms with E-state index in [4.69, 9.17) is 10.5 Å². The number of hydrogen-bond donors (Lipinski definition) is 2. The van der Waals surface area contributed by atoms with E-state index < -0.39 is 10.8 Å². The van der Waals surface area contributed by atoms with E-state index in [-0.39, 0.29) is 28.9 Å². The summed E-state index contributed by atoms with van der Waals surface area (Å²) in [5, 5.41) is 13.7. The standard InChI is InChI=1S/C13H19N3O4/c1-8(2)11(7-20-3)15-13(17)9-5-4-6-10(14)12(9)16(18)19/h4-6,8,11H,7,14H2,1-3H3,(H,15,17). The van der Waals surface area contributed by atoms with Crippen molar-refractivity contribution in [3.8, 4) is 0 Å². The monoisotopic (exact) mass is 281 g/mol. The minimum absolute atomic E-state index is 0.0320. The van der Waals surface area contributed by atoms with Crippen molar-refractivity contribution in [1.29, 1.82) is 0 Å². The van der Waals surface area contributed by atoms with Crippen LogP contribution in [0.15, 0.2) is 18.2 Å². The molecule has 7 nitrogen and oxygen atoms in total. The maximum atomic E-state index is 12.2. The lowest BCUT2D eigenvalue weighted by molar-refractivity contribution is -0.384. The third-order valence-electron chi connectivity index (χ3n) is 2.96. The fourth-order valence-corrected chi connectivity index (χ4v) is 1.77. The van der Waals surface area contributed by atoms with Gasteiger partial charge in [0.1, 0.15) is 11.3 Å². The molecule has 0 spiro atoms. The number of rotatable bonds is 6. The fourth-order valence-electron chi connectivity index (χ4n) is 1.77. The normalized spacial score (nSPS) is 12.2. The van der Waals surface area contributed by atoms with E-state index in [1.54, 1.807) is 0 Å². The van der Waals surface area contributed by atoms with Gasteiger partial charge in [0.2, 0.25) is 0 Å². The molecule has 0 fully saturated rings. The van der Waals surface area contributed by atoms with Crippen LogP contribution in [0, 0.1) is 16.0 Å². The summed E-state index contributed by atoms with van der Waals surface area (Å²) in [6.07, 6.45) is 0. The van der Waals surface area contributed by atoms with Crippen molar-refractivity contribution in [2.24, 2.45) is 5.92 Å². The first-order valence-corrected chi connectivity index (χ1v) is 6.21. The second kappa shape index (κ2) is 6.85. The summed E-state index contributed by atoms with van der Waals surface area (Å²) in [5.74, 6) is -0.390. The van der Waals surface area contributed by atoms with Crippen LogP contribution in [0.25, 0.3) is 0 Å². The lowest BCUT2D eigenvalue weighted by Gasteiger charge is -2.21. The minimum Gasteiger partial charge on any atom is -0.393 e. The number of nitro benzene ring substituents is 1. The molecule has 1 amide bonds. The molecule has 0 saturated heterocycles. The predicted octanol–water partition coefficient (Wildman–Crippen LogP) is 1.58. The molecule has 0 saturated carbocycles. The lowest BCUT2D eigenvalue weighted by Crippen LogP contribution is -2.41. The second-order valence-electron chi connectivity index (χ2n) is 4.78. The van der Waals surface area contributed by atoms with Crippen LogP contribution < -0.4 is 11.1 Å². The van der Waals surface area contributed by atoms with Crippen LogP contribution in [0.5, 0.6) is 0 Å². The average molecular weight is 281 g/mol. The first kappa shape index (κ1) is 15.9. The highest BCUT2D eigenvalue weighted by atomic mass is 16.6. The molecule has 1 aromatic carbocycles. The van der Waals surface area contributed by atoms with Gasteiger partial charge >= 0.3 is 5.69 Å². The molecule has 1 unspecified atom stereocenters. The van der Waals surface area contributed by atoms with E-state index in [0.717, 1.165) is 0 Å². The molecule has 0 bridgehead atoms.